The molecule has 134 valence electrons. The van der Waals surface area contributed by atoms with Gasteiger partial charge in [0.1, 0.15) is 5.82 Å². The molecule has 0 bridgehead atoms. The maximum Gasteiger partial charge on any atom is 0.237 e. The highest BCUT2D eigenvalue weighted by Crippen LogP contribution is 2.23. The van der Waals surface area contributed by atoms with Gasteiger partial charge in [0.05, 0.1) is 23.6 Å². The molecule has 0 aliphatic carbocycles. The van der Waals surface area contributed by atoms with Gasteiger partial charge in [0.15, 0.2) is 0 Å². The molecule has 6 nitrogen and oxygen atoms in total. The van der Waals surface area contributed by atoms with Crippen LogP contribution in [0.3, 0.4) is 0 Å². The van der Waals surface area contributed by atoms with Crippen LogP contribution in [0.25, 0.3) is 22.2 Å². The molecule has 1 aliphatic heterocycles. The van der Waals surface area contributed by atoms with Crippen LogP contribution in [0.1, 0.15) is 12.2 Å². The zero-order valence-corrected chi connectivity index (χ0v) is 14.5. The first-order valence-electron chi connectivity index (χ1n) is 8.98. The summed E-state index contributed by atoms with van der Waals surface area (Å²) in [6.45, 7) is 1.81. The second kappa shape index (κ2) is 7.27. The molecule has 1 saturated heterocycles. The molecular formula is C20H23N5O. The highest BCUT2D eigenvalue weighted by atomic mass is 16.2. The lowest BCUT2D eigenvalue weighted by Crippen LogP contribution is -2.40. The first-order valence-corrected chi connectivity index (χ1v) is 8.98. The highest BCUT2D eigenvalue weighted by Gasteiger charge is 2.28. The molecule has 2 heterocycles. The van der Waals surface area contributed by atoms with Crippen molar-refractivity contribution in [2.24, 2.45) is 11.7 Å². The van der Waals surface area contributed by atoms with Gasteiger partial charge in [0.25, 0.3) is 0 Å². The number of nitrogens with zero attached hydrogens (tertiary/aromatic N) is 1. The predicted octanol–water partition coefficient (Wildman–Crippen LogP) is 1.78. The number of rotatable bonds is 5. The molecular weight excluding hydrogens is 326 g/mol. The monoisotopic (exact) mass is 349 g/mol. The van der Waals surface area contributed by atoms with Crippen LogP contribution in [0.15, 0.2) is 48.5 Å². The first kappa shape index (κ1) is 16.8. The van der Waals surface area contributed by atoms with Gasteiger partial charge in [-0.1, -0.05) is 36.4 Å². The number of amides is 1. The third-order valence-corrected chi connectivity index (χ3v) is 4.94. The molecule has 1 amide bonds. The molecule has 26 heavy (non-hydrogen) atoms. The van der Waals surface area contributed by atoms with Gasteiger partial charge >= 0.3 is 0 Å². The van der Waals surface area contributed by atoms with Crippen molar-refractivity contribution in [3.05, 3.63) is 54.4 Å². The summed E-state index contributed by atoms with van der Waals surface area (Å²) in [5.41, 5.74) is 9.83. The van der Waals surface area contributed by atoms with Crippen molar-refractivity contribution in [3.8, 4) is 11.1 Å². The van der Waals surface area contributed by atoms with Crippen molar-refractivity contribution in [3.63, 3.8) is 0 Å². The van der Waals surface area contributed by atoms with E-state index >= 15 is 0 Å². The van der Waals surface area contributed by atoms with Gasteiger partial charge in [-0.25, -0.2) is 4.98 Å². The number of imidazole rings is 1. The zero-order chi connectivity index (χ0) is 17.9. The van der Waals surface area contributed by atoms with Crippen molar-refractivity contribution in [1.29, 1.82) is 0 Å². The zero-order valence-electron chi connectivity index (χ0n) is 14.5. The van der Waals surface area contributed by atoms with Gasteiger partial charge in [-0.2, -0.15) is 0 Å². The molecule has 0 spiro atoms. The number of carbonyl (C=O) groups excluding carboxylic acids is 1. The second-order valence-corrected chi connectivity index (χ2v) is 6.80. The Morgan fingerprint density at radius 1 is 1.19 bits per heavy atom. The van der Waals surface area contributed by atoms with Gasteiger partial charge in [-0.15, -0.1) is 0 Å². The molecule has 5 N–H and O–H groups in total. The van der Waals surface area contributed by atoms with Crippen LogP contribution in [-0.2, 0) is 11.3 Å². The SMILES string of the molecule is NCC1CNC(C(=O)NCc2nc3cc(-c4ccccc4)ccc3[nH]2)C1. The predicted molar refractivity (Wildman–Crippen MR) is 102 cm³/mol. The number of H-pyrrole nitrogens is 1. The van der Waals surface area contributed by atoms with Gasteiger partial charge in [-0.3, -0.25) is 4.79 Å². The molecule has 2 atom stereocenters. The van der Waals surface area contributed by atoms with Crippen LogP contribution < -0.4 is 16.4 Å². The lowest BCUT2D eigenvalue weighted by atomic mass is 10.1. The molecule has 3 aromatic rings. The molecule has 6 heteroatoms. The fourth-order valence-electron chi connectivity index (χ4n) is 3.43. The van der Waals surface area contributed by atoms with E-state index in [4.69, 9.17) is 5.73 Å². The van der Waals surface area contributed by atoms with Crippen LogP contribution in [0, 0.1) is 5.92 Å². The van der Waals surface area contributed by atoms with E-state index in [0.717, 1.165) is 41.0 Å². The molecule has 2 aromatic carbocycles. The summed E-state index contributed by atoms with van der Waals surface area (Å²) in [6, 6.07) is 16.2. The van der Waals surface area contributed by atoms with Crippen molar-refractivity contribution in [2.45, 2.75) is 19.0 Å². The number of fused-ring (bicyclic) bond motifs is 1. The van der Waals surface area contributed by atoms with Gasteiger partial charge in [0.2, 0.25) is 5.91 Å². The summed E-state index contributed by atoms with van der Waals surface area (Å²) >= 11 is 0. The Bertz CT molecular complexity index is 905. The maximum absolute atomic E-state index is 12.3. The summed E-state index contributed by atoms with van der Waals surface area (Å²) in [4.78, 5) is 20.2. The Hall–Kier alpha value is -2.70. The van der Waals surface area contributed by atoms with Crippen LogP contribution in [-0.4, -0.2) is 35.0 Å². The summed E-state index contributed by atoms with van der Waals surface area (Å²) in [5.74, 6) is 1.15. The Morgan fingerprint density at radius 3 is 2.81 bits per heavy atom. The largest absolute Gasteiger partial charge is 0.348 e. The summed E-state index contributed by atoms with van der Waals surface area (Å²) in [6.07, 6.45) is 0.795. The third kappa shape index (κ3) is 3.47. The number of hydrogen-bond donors (Lipinski definition) is 4. The summed E-state index contributed by atoms with van der Waals surface area (Å²) in [5, 5.41) is 6.18. The number of hydrogen-bond acceptors (Lipinski definition) is 4. The smallest absolute Gasteiger partial charge is 0.237 e. The van der Waals surface area contributed by atoms with Crippen molar-refractivity contribution in [2.75, 3.05) is 13.1 Å². The lowest BCUT2D eigenvalue weighted by Gasteiger charge is -2.10. The Morgan fingerprint density at radius 2 is 2.04 bits per heavy atom. The van der Waals surface area contributed by atoms with Crippen LogP contribution in [0.4, 0.5) is 0 Å². The Balaban J connectivity index is 1.44. The summed E-state index contributed by atoms with van der Waals surface area (Å²) in [7, 11) is 0. The van der Waals surface area contributed by atoms with E-state index in [-0.39, 0.29) is 11.9 Å². The van der Waals surface area contributed by atoms with E-state index in [1.54, 1.807) is 0 Å². The quantitative estimate of drug-likeness (QED) is 0.565. The minimum atomic E-state index is -0.155. The fourth-order valence-corrected chi connectivity index (χ4v) is 3.43. The average molecular weight is 349 g/mol. The van der Waals surface area contributed by atoms with E-state index in [2.05, 4.69) is 44.9 Å². The number of aromatic nitrogens is 2. The second-order valence-electron chi connectivity index (χ2n) is 6.80. The van der Waals surface area contributed by atoms with E-state index < -0.39 is 0 Å². The first-order chi connectivity index (χ1) is 12.7. The Kier molecular flexibility index (Phi) is 4.69. The van der Waals surface area contributed by atoms with Crippen LogP contribution in [0.5, 0.6) is 0 Å². The van der Waals surface area contributed by atoms with E-state index in [0.29, 0.717) is 19.0 Å². The standard InChI is InChI=1S/C20H23N5O/c21-10-13-8-18(22-11-13)20(26)23-12-19-24-16-7-6-15(9-17(16)25-19)14-4-2-1-3-5-14/h1-7,9,13,18,22H,8,10-12,21H2,(H,23,26)(H,24,25). The summed E-state index contributed by atoms with van der Waals surface area (Å²) < 4.78 is 0. The molecule has 0 saturated carbocycles. The van der Waals surface area contributed by atoms with Gasteiger partial charge in [-0.05, 0) is 48.7 Å². The minimum Gasteiger partial charge on any atom is -0.348 e. The van der Waals surface area contributed by atoms with E-state index in [9.17, 15) is 4.79 Å². The van der Waals surface area contributed by atoms with Crippen molar-refractivity contribution in [1.82, 2.24) is 20.6 Å². The number of aromatic amines is 1. The number of benzene rings is 2. The normalized spacial score (nSPS) is 19.7. The van der Waals surface area contributed by atoms with Crippen LogP contribution >= 0.6 is 0 Å². The maximum atomic E-state index is 12.3. The number of carbonyl (C=O) groups is 1. The Labute approximate surface area is 152 Å². The molecule has 2 unspecified atom stereocenters. The molecule has 1 fully saturated rings. The molecule has 1 aromatic heterocycles. The van der Waals surface area contributed by atoms with Crippen molar-refractivity contribution >= 4 is 16.9 Å². The minimum absolute atomic E-state index is 0.00591. The molecule has 4 rings (SSSR count). The van der Waals surface area contributed by atoms with Crippen molar-refractivity contribution < 1.29 is 4.79 Å². The molecule has 0 radical (unpaired) electrons. The topological polar surface area (TPSA) is 95.8 Å². The number of nitrogens with two attached hydrogens (primary N) is 1. The fraction of sp³-hybridized carbons (Fsp3) is 0.300. The highest BCUT2D eigenvalue weighted by molar-refractivity contribution is 5.83. The van der Waals surface area contributed by atoms with Gasteiger partial charge in [0, 0.05) is 0 Å². The third-order valence-electron chi connectivity index (χ3n) is 4.94. The average Bonchev–Trinajstić information content (AvgIpc) is 3.32. The van der Waals surface area contributed by atoms with Gasteiger partial charge < -0.3 is 21.4 Å². The lowest BCUT2D eigenvalue weighted by molar-refractivity contribution is -0.123. The van der Waals surface area contributed by atoms with Crippen LogP contribution in [0.2, 0.25) is 0 Å². The van der Waals surface area contributed by atoms with E-state index in [1.807, 2.05) is 24.3 Å². The van der Waals surface area contributed by atoms with E-state index in [1.165, 1.54) is 0 Å². The number of nitrogens with one attached hydrogen (secondary N) is 3. The molecule has 1 aliphatic rings.